The molecule has 1 saturated heterocycles. The van der Waals surface area contributed by atoms with E-state index in [1.807, 2.05) is 40.7 Å². The standard InChI is InChI=1S/C19H23N5/c1-23(16-6-3-2-4-7-16)19-21-18-9-5-8-17(24(18)22-19)14-15-10-12-20-13-11-15/h2-9,15,20H,10-14H2,1H3. The number of nitrogens with one attached hydrogen (secondary N) is 1. The fourth-order valence-electron chi connectivity index (χ4n) is 3.39. The van der Waals surface area contributed by atoms with Crippen molar-refractivity contribution in [3.8, 4) is 0 Å². The molecule has 4 rings (SSSR count). The van der Waals surface area contributed by atoms with Gasteiger partial charge in [0.1, 0.15) is 0 Å². The van der Waals surface area contributed by atoms with Crippen LogP contribution in [0.15, 0.2) is 48.5 Å². The Labute approximate surface area is 142 Å². The lowest BCUT2D eigenvalue weighted by Crippen LogP contribution is -2.29. The molecule has 0 saturated carbocycles. The summed E-state index contributed by atoms with van der Waals surface area (Å²) in [5.74, 6) is 1.47. The molecule has 124 valence electrons. The summed E-state index contributed by atoms with van der Waals surface area (Å²) in [7, 11) is 2.01. The molecule has 1 N–H and O–H groups in total. The summed E-state index contributed by atoms with van der Waals surface area (Å²) in [5.41, 5.74) is 3.26. The zero-order valence-corrected chi connectivity index (χ0v) is 14.0. The molecule has 3 aromatic rings. The summed E-state index contributed by atoms with van der Waals surface area (Å²) < 4.78 is 2.01. The first-order valence-electron chi connectivity index (χ1n) is 8.65. The first kappa shape index (κ1) is 15.1. The molecule has 0 radical (unpaired) electrons. The van der Waals surface area contributed by atoms with Crippen molar-refractivity contribution in [2.45, 2.75) is 19.3 Å². The number of para-hydroxylation sites is 1. The summed E-state index contributed by atoms with van der Waals surface area (Å²) in [6.45, 7) is 2.25. The molecule has 0 atom stereocenters. The number of pyridine rings is 1. The van der Waals surface area contributed by atoms with E-state index < -0.39 is 0 Å². The highest BCUT2D eigenvalue weighted by Crippen LogP contribution is 2.23. The number of rotatable bonds is 4. The van der Waals surface area contributed by atoms with E-state index in [1.54, 1.807) is 0 Å². The van der Waals surface area contributed by atoms with Crippen molar-refractivity contribution in [1.82, 2.24) is 19.9 Å². The molecule has 0 aliphatic carbocycles. The summed E-state index contributed by atoms with van der Waals surface area (Å²) in [6, 6.07) is 16.5. The molecular formula is C19H23N5. The molecule has 3 heterocycles. The molecule has 1 aromatic carbocycles. The van der Waals surface area contributed by atoms with Crippen LogP contribution in [-0.2, 0) is 6.42 Å². The Morgan fingerprint density at radius 3 is 2.67 bits per heavy atom. The lowest BCUT2D eigenvalue weighted by Gasteiger charge is -2.22. The normalized spacial score (nSPS) is 15.7. The molecule has 2 aromatic heterocycles. The Morgan fingerprint density at radius 2 is 1.88 bits per heavy atom. The van der Waals surface area contributed by atoms with E-state index in [4.69, 9.17) is 10.1 Å². The van der Waals surface area contributed by atoms with Gasteiger partial charge in [-0.3, -0.25) is 0 Å². The smallest absolute Gasteiger partial charge is 0.249 e. The number of hydrogen-bond acceptors (Lipinski definition) is 4. The molecule has 0 spiro atoms. The summed E-state index contributed by atoms with van der Waals surface area (Å²) in [6.07, 6.45) is 3.54. The largest absolute Gasteiger partial charge is 0.317 e. The Kier molecular flexibility index (Phi) is 4.17. The van der Waals surface area contributed by atoms with E-state index in [2.05, 4.69) is 29.6 Å². The maximum absolute atomic E-state index is 4.77. The van der Waals surface area contributed by atoms with Crippen LogP contribution in [-0.4, -0.2) is 34.7 Å². The second-order valence-electron chi connectivity index (χ2n) is 6.49. The van der Waals surface area contributed by atoms with E-state index >= 15 is 0 Å². The zero-order valence-electron chi connectivity index (χ0n) is 14.0. The van der Waals surface area contributed by atoms with Gasteiger partial charge in [-0.25, -0.2) is 4.52 Å². The predicted octanol–water partition coefficient (Wildman–Crippen LogP) is 3.04. The third kappa shape index (κ3) is 2.99. The molecule has 5 heteroatoms. The maximum Gasteiger partial charge on any atom is 0.249 e. The Bertz CT molecular complexity index is 805. The fourth-order valence-corrected chi connectivity index (χ4v) is 3.39. The SMILES string of the molecule is CN(c1ccccc1)c1nc2cccc(CC3CCNCC3)n2n1. The molecule has 1 fully saturated rings. The van der Waals surface area contributed by atoms with Crippen molar-refractivity contribution < 1.29 is 0 Å². The van der Waals surface area contributed by atoms with Crippen LogP contribution in [0.3, 0.4) is 0 Å². The lowest BCUT2D eigenvalue weighted by molar-refractivity contribution is 0.368. The number of aromatic nitrogens is 3. The van der Waals surface area contributed by atoms with Gasteiger partial charge < -0.3 is 10.2 Å². The minimum atomic E-state index is 0.733. The number of benzene rings is 1. The van der Waals surface area contributed by atoms with Gasteiger partial charge in [-0.05, 0) is 62.5 Å². The van der Waals surface area contributed by atoms with Gasteiger partial charge in [0.25, 0.3) is 0 Å². The van der Waals surface area contributed by atoms with Gasteiger partial charge in [0.05, 0.1) is 0 Å². The van der Waals surface area contributed by atoms with Crippen molar-refractivity contribution in [3.63, 3.8) is 0 Å². The predicted molar refractivity (Wildman–Crippen MR) is 96.8 cm³/mol. The van der Waals surface area contributed by atoms with Crippen molar-refractivity contribution >= 4 is 17.3 Å². The number of anilines is 2. The number of nitrogens with zero attached hydrogens (tertiary/aromatic N) is 4. The number of piperidine rings is 1. The third-order valence-corrected chi connectivity index (χ3v) is 4.83. The van der Waals surface area contributed by atoms with Gasteiger partial charge in [0.15, 0.2) is 5.65 Å². The van der Waals surface area contributed by atoms with Crippen LogP contribution >= 0.6 is 0 Å². The Hall–Kier alpha value is -2.40. The van der Waals surface area contributed by atoms with E-state index in [-0.39, 0.29) is 0 Å². The highest BCUT2D eigenvalue weighted by molar-refractivity contribution is 5.58. The van der Waals surface area contributed by atoms with E-state index in [1.165, 1.54) is 18.5 Å². The van der Waals surface area contributed by atoms with E-state index in [0.717, 1.165) is 42.7 Å². The monoisotopic (exact) mass is 321 g/mol. The minimum absolute atomic E-state index is 0.733. The Morgan fingerprint density at radius 1 is 1.08 bits per heavy atom. The van der Waals surface area contributed by atoms with Gasteiger partial charge >= 0.3 is 0 Å². The first-order valence-corrected chi connectivity index (χ1v) is 8.65. The Balaban J connectivity index is 1.64. The quantitative estimate of drug-likeness (QED) is 0.802. The van der Waals surface area contributed by atoms with Gasteiger partial charge in [0, 0.05) is 18.4 Å². The highest BCUT2D eigenvalue weighted by Gasteiger charge is 2.17. The fraction of sp³-hybridized carbons (Fsp3) is 0.368. The van der Waals surface area contributed by atoms with Crippen LogP contribution in [0.25, 0.3) is 5.65 Å². The van der Waals surface area contributed by atoms with Crippen molar-refractivity contribution in [1.29, 1.82) is 0 Å². The highest BCUT2D eigenvalue weighted by atomic mass is 15.4. The van der Waals surface area contributed by atoms with Gasteiger partial charge in [-0.1, -0.05) is 24.3 Å². The van der Waals surface area contributed by atoms with Crippen LogP contribution in [0.5, 0.6) is 0 Å². The molecule has 24 heavy (non-hydrogen) atoms. The van der Waals surface area contributed by atoms with Crippen molar-refractivity contribution in [3.05, 3.63) is 54.2 Å². The molecule has 0 unspecified atom stereocenters. The van der Waals surface area contributed by atoms with E-state index in [9.17, 15) is 0 Å². The van der Waals surface area contributed by atoms with Crippen LogP contribution in [0.4, 0.5) is 11.6 Å². The third-order valence-electron chi connectivity index (χ3n) is 4.83. The molecule has 1 aliphatic heterocycles. The molecule has 1 aliphatic rings. The van der Waals surface area contributed by atoms with Gasteiger partial charge in [-0.2, -0.15) is 4.98 Å². The lowest BCUT2D eigenvalue weighted by atomic mass is 9.93. The second-order valence-corrected chi connectivity index (χ2v) is 6.49. The minimum Gasteiger partial charge on any atom is -0.317 e. The molecule has 0 amide bonds. The summed E-state index contributed by atoms with van der Waals surface area (Å²) >= 11 is 0. The van der Waals surface area contributed by atoms with Crippen molar-refractivity contribution in [2.24, 2.45) is 5.92 Å². The molecule has 5 nitrogen and oxygen atoms in total. The maximum atomic E-state index is 4.77. The molecule has 0 bridgehead atoms. The van der Waals surface area contributed by atoms with E-state index in [0.29, 0.717) is 0 Å². The van der Waals surface area contributed by atoms with Crippen LogP contribution in [0.1, 0.15) is 18.5 Å². The average Bonchev–Trinajstić information content (AvgIpc) is 3.08. The van der Waals surface area contributed by atoms with Crippen LogP contribution in [0, 0.1) is 5.92 Å². The summed E-state index contributed by atoms with van der Waals surface area (Å²) in [5, 5.41) is 8.20. The molecular weight excluding hydrogens is 298 g/mol. The van der Waals surface area contributed by atoms with Crippen LogP contribution in [0.2, 0.25) is 0 Å². The zero-order chi connectivity index (χ0) is 16.4. The average molecular weight is 321 g/mol. The number of hydrogen-bond donors (Lipinski definition) is 1. The topological polar surface area (TPSA) is 45.5 Å². The van der Waals surface area contributed by atoms with Crippen LogP contribution < -0.4 is 10.2 Å². The number of fused-ring (bicyclic) bond motifs is 1. The summed E-state index contributed by atoms with van der Waals surface area (Å²) in [4.78, 5) is 6.74. The van der Waals surface area contributed by atoms with Crippen molar-refractivity contribution in [2.75, 3.05) is 25.0 Å². The van der Waals surface area contributed by atoms with Gasteiger partial charge in [0.2, 0.25) is 5.95 Å². The van der Waals surface area contributed by atoms with Gasteiger partial charge in [-0.15, -0.1) is 5.10 Å². The second kappa shape index (κ2) is 6.61. The first-order chi connectivity index (χ1) is 11.8.